The van der Waals surface area contributed by atoms with Crippen molar-refractivity contribution < 1.29 is 14.7 Å². The zero-order chi connectivity index (χ0) is 15.8. The molecule has 5 heteroatoms. The molecule has 2 aliphatic heterocycles. The molecule has 1 N–H and O–H groups in total. The van der Waals surface area contributed by atoms with Crippen LogP contribution in [0.15, 0.2) is 0 Å². The van der Waals surface area contributed by atoms with Gasteiger partial charge in [0.05, 0.1) is 19.0 Å². The third kappa shape index (κ3) is 3.23. The zero-order valence-electron chi connectivity index (χ0n) is 13.6. The number of β-amino-alcohol motifs (C(OH)–C–C–N with tert-alkyl or cyclic N) is 1. The van der Waals surface area contributed by atoms with E-state index >= 15 is 0 Å². The lowest BCUT2D eigenvalue weighted by atomic mass is 9.81. The van der Waals surface area contributed by atoms with E-state index in [1.54, 1.807) is 4.90 Å². The molecule has 120 valence electrons. The van der Waals surface area contributed by atoms with Gasteiger partial charge < -0.3 is 14.9 Å². The summed E-state index contributed by atoms with van der Waals surface area (Å²) >= 11 is 0. The Hall–Kier alpha value is -1.10. The fraction of sp³-hybridized carbons (Fsp3) is 0.875. The number of carbonyl (C=O) groups is 2. The largest absolute Gasteiger partial charge is 0.386 e. The van der Waals surface area contributed by atoms with Crippen molar-refractivity contribution in [2.24, 2.45) is 17.8 Å². The predicted molar refractivity (Wildman–Crippen MR) is 80.5 cm³/mol. The van der Waals surface area contributed by atoms with Crippen molar-refractivity contribution in [1.29, 1.82) is 0 Å². The monoisotopic (exact) mass is 296 g/mol. The molecule has 2 saturated heterocycles. The fourth-order valence-corrected chi connectivity index (χ4v) is 3.14. The summed E-state index contributed by atoms with van der Waals surface area (Å²) in [7, 11) is 0. The van der Waals surface area contributed by atoms with Gasteiger partial charge in [-0.15, -0.1) is 0 Å². The van der Waals surface area contributed by atoms with Crippen molar-refractivity contribution in [3.8, 4) is 0 Å². The third-order valence-electron chi connectivity index (χ3n) is 4.89. The smallest absolute Gasteiger partial charge is 0.227 e. The minimum atomic E-state index is -0.724. The van der Waals surface area contributed by atoms with Gasteiger partial charge in [0.25, 0.3) is 0 Å². The lowest BCUT2D eigenvalue weighted by Crippen LogP contribution is -2.67. The molecule has 5 nitrogen and oxygen atoms in total. The molecule has 0 saturated carbocycles. The van der Waals surface area contributed by atoms with E-state index < -0.39 is 5.60 Å². The van der Waals surface area contributed by atoms with Crippen LogP contribution in [0.4, 0.5) is 0 Å². The van der Waals surface area contributed by atoms with Crippen LogP contribution in [0.2, 0.25) is 0 Å². The second kappa shape index (κ2) is 5.95. The Morgan fingerprint density at radius 2 is 1.76 bits per heavy atom. The first-order chi connectivity index (χ1) is 9.74. The minimum absolute atomic E-state index is 0.0195. The maximum Gasteiger partial charge on any atom is 0.227 e. The van der Waals surface area contributed by atoms with Crippen molar-refractivity contribution in [3.05, 3.63) is 0 Å². The van der Waals surface area contributed by atoms with Crippen molar-refractivity contribution in [3.63, 3.8) is 0 Å². The van der Waals surface area contributed by atoms with Gasteiger partial charge in [0.2, 0.25) is 11.8 Å². The average molecular weight is 296 g/mol. The summed E-state index contributed by atoms with van der Waals surface area (Å²) in [5.41, 5.74) is -0.724. The van der Waals surface area contributed by atoms with E-state index in [0.29, 0.717) is 19.6 Å². The molecule has 0 bridgehead atoms. The molecule has 1 atom stereocenters. The summed E-state index contributed by atoms with van der Waals surface area (Å²) in [6, 6.07) is 0. The van der Waals surface area contributed by atoms with Gasteiger partial charge in [-0.2, -0.15) is 0 Å². The summed E-state index contributed by atoms with van der Waals surface area (Å²) in [5.74, 6) is 0.273. The Bertz CT molecular complexity index is 414. The van der Waals surface area contributed by atoms with E-state index in [-0.39, 0.29) is 29.6 Å². The van der Waals surface area contributed by atoms with Gasteiger partial charge in [0.1, 0.15) is 5.60 Å². The highest BCUT2D eigenvalue weighted by Gasteiger charge is 2.47. The van der Waals surface area contributed by atoms with Crippen LogP contribution in [0.25, 0.3) is 0 Å². The van der Waals surface area contributed by atoms with E-state index in [1.807, 2.05) is 32.6 Å². The summed E-state index contributed by atoms with van der Waals surface area (Å²) in [4.78, 5) is 28.1. The third-order valence-corrected chi connectivity index (χ3v) is 4.89. The number of piperidine rings is 1. The second-order valence-corrected chi connectivity index (χ2v) is 7.23. The van der Waals surface area contributed by atoms with Gasteiger partial charge in [0, 0.05) is 19.0 Å². The van der Waals surface area contributed by atoms with Crippen LogP contribution in [0.3, 0.4) is 0 Å². The maximum absolute atomic E-state index is 12.5. The van der Waals surface area contributed by atoms with Gasteiger partial charge >= 0.3 is 0 Å². The number of likely N-dealkylation sites (tertiary alicyclic amines) is 2. The number of amides is 2. The molecule has 2 rings (SSSR count). The first-order valence-electron chi connectivity index (χ1n) is 8.04. The Morgan fingerprint density at radius 1 is 1.14 bits per heavy atom. The van der Waals surface area contributed by atoms with Crippen LogP contribution in [0.1, 0.15) is 40.5 Å². The van der Waals surface area contributed by atoms with E-state index in [2.05, 4.69) is 0 Å². The van der Waals surface area contributed by atoms with Crippen LogP contribution in [-0.2, 0) is 9.59 Å². The van der Waals surface area contributed by atoms with Gasteiger partial charge in [-0.3, -0.25) is 9.59 Å². The number of nitrogens with zero attached hydrogens (tertiary/aromatic N) is 2. The molecule has 2 aliphatic rings. The minimum Gasteiger partial charge on any atom is -0.386 e. The lowest BCUT2D eigenvalue weighted by molar-refractivity contribution is -0.169. The molecule has 0 aromatic heterocycles. The molecule has 2 amide bonds. The van der Waals surface area contributed by atoms with Crippen LogP contribution < -0.4 is 0 Å². The Balaban J connectivity index is 1.91. The molecular weight excluding hydrogens is 268 g/mol. The first kappa shape index (κ1) is 16.3. The number of rotatable bonds is 3. The SMILES string of the molecule is CC(C)C(=O)N1CCCC(C(=O)N2CC(O)(C(C)C)C2)C1. The molecule has 1 unspecified atom stereocenters. The quantitative estimate of drug-likeness (QED) is 0.848. The van der Waals surface area contributed by atoms with E-state index in [9.17, 15) is 14.7 Å². The average Bonchev–Trinajstić information content (AvgIpc) is 2.42. The van der Waals surface area contributed by atoms with Crippen molar-refractivity contribution in [2.75, 3.05) is 26.2 Å². The van der Waals surface area contributed by atoms with Gasteiger partial charge in [0.15, 0.2) is 0 Å². The van der Waals surface area contributed by atoms with Crippen molar-refractivity contribution in [2.45, 2.75) is 46.1 Å². The highest BCUT2D eigenvalue weighted by molar-refractivity contribution is 5.82. The molecule has 0 aromatic carbocycles. The van der Waals surface area contributed by atoms with Crippen LogP contribution >= 0.6 is 0 Å². The van der Waals surface area contributed by atoms with Crippen molar-refractivity contribution in [1.82, 2.24) is 9.80 Å². The predicted octanol–water partition coefficient (Wildman–Crippen LogP) is 1.11. The zero-order valence-corrected chi connectivity index (χ0v) is 13.6. The highest BCUT2D eigenvalue weighted by atomic mass is 16.3. The number of hydrogen-bond acceptors (Lipinski definition) is 3. The van der Waals surface area contributed by atoms with E-state index in [1.165, 1.54) is 0 Å². The summed E-state index contributed by atoms with van der Waals surface area (Å²) in [6.07, 6.45) is 1.73. The van der Waals surface area contributed by atoms with E-state index in [4.69, 9.17) is 0 Å². The molecular formula is C16H28N2O3. The van der Waals surface area contributed by atoms with Crippen LogP contribution in [-0.4, -0.2) is 58.5 Å². The number of aliphatic hydroxyl groups is 1. The molecule has 0 aromatic rings. The maximum atomic E-state index is 12.5. The van der Waals surface area contributed by atoms with Gasteiger partial charge in [-0.1, -0.05) is 27.7 Å². The molecule has 0 spiro atoms. The Labute approximate surface area is 127 Å². The molecule has 2 fully saturated rings. The topological polar surface area (TPSA) is 60.9 Å². The van der Waals surface area contributed by atoms with Gasteiger partial charge in [-0.05, 0) is 18.8 Å². The number of hydrogen-bond donors (Lipinski definition) is 1. The van der Waals surface area contributed by atoms with Crippen LogP contribution in [0.5, 0.6) is 0 Å². The first-order valence-corrected chi connectivity index (χ1v) is 8.04. The molecule has 2 heterocycles. The van der Waals surface area contributed by atoms with E-state index in [0.717, 1.165) is 19.4 Å². The van der Waals surface area contributed by atoms with Crippen LogP contribution in [0, 0.1) is 17.8 Å². The summed E-state index contributed by atoms with van der Waals surface area (Å²) < 4.78 is 0. The molecule has 0 aliphatic carbocycles. The van der Waals surface area contributed by atoms with Crippen molar-refractivity contribution >= 4 is 11.8 Å². The summed E-state index contributed by atoms with van der Waals surface area (Å²) in [5, 5.41) is 10.3. The normalized spacial score (nSPS) is 25.2. The summed E-state index contributed by atoms with van der Waals surface area (Å²) in [6.45, 7) is 9.90. The lowest BCUT2D eigenvalue weighted by Gasteiger charge is -2.50. The Morgan fingerprint density at radius 3 is 2.29 bits per heavy atom. The highest BCUT2D eigenvalue weighted by Crippen LogP contribution is 2.31. The standard InChI is InChI=1S/C16H28N2O3/c1-11(2)14(19)17-7-5-6-13(8-17)15(20)18-9-16(21,10-18)12(3)4/h11-13,21H,5-10H2,1-4H3. The fourth-order valence-electron chi connectivity index (χ4n) is 3.14. The Kier molecular flexibility index (Phi) is 4.61. The molecule has 21 heavy (non-hydrogen) atoms. The van der Waals surface area contributed by atoms with Gasteiger partial charge in [-0.25, -0.2) is 0 Å². The number of carbonyl (C=O) groups excluding carboxylic acids is 2. The second-order valence-electron chi connectivity index (χ2n) is 7.23. The molecule has 0 radical (unpaired) electrons.